The Morgan fingerprint density at radius 2 is 1.81 bits per heavy atom. The highest BCUT2D eigenvalue weighted by molar-refractivity contribution is 7.99. The molecule has 5 nitrogen and oxygen atoms in total. The summed E-state index contributed by atoms with van der Waals surface area (Å²) >= 11 is 1.62. The number of hydrogen-bond acceptors (Lipinski definition) is 4. The van der Waals surface area contributed by atoms with Crippen molar-refractivity contribution < 1.29 is 13.2 Å². The van der Waals surface area contributed by atoms with Crippen LogP contribution in [0.5, 0.6) is 0 Å². The first-order valence-corrected chi connectivity index (χ1v) is 11.1. The number of benzene rings is 2. The minimum atomic E-state index is -3.59. The predicted octanol–water partition coefficient (Wildman–Crippen LogP) is 3.82. The number of amides is 1. The van der Waals surface area contributed by atoms with Crippen molar-refractivity contribution in [3.8, 4) is 0 Å². The van der Waals surface area contributed by atoms with Crippen molar-refractivity contribution in [1.29, 1.82) is 0 Å². The molecule has 0 heterocycles. The second kappa shape index (κ2) is 8.60. The Balaban J connectivity index is 2.24. The predicted molar refractivity (Wildman–Crippen MR) is 110 cm³/mol. The summed E-state index contributed by atoms with van der Waals surface area (Å²) in [7, 11) is -3.59. The minimum Gasteiger partial charge on any atom is -0.323 e. The zero-order chi connectivity index (χ0) is 19.3. The highest BCUT2D eigenvalue weighted by atomic mass is 32.2. The highest BCUT2D eigenvalue weighted by Gasteiger charge is 2.21. The van der Waals surface area contributed by atoms with E-state index < -0.39 is 10.0 Å². The number of nitrogens with one attached hydrogen (secondary N) is 1. The lowest BCUT2D eigenvalue weighted by Gasteiger charge is -2.23. The van der Waals surface area contributed by atoms with Crippen molar-refractivity contribution in [3.63, 3.8) is 0 Å². The third-order valence-corrected chi connectivity index (χ3v) is 6.02. The van der Waals surface area contributed by atoms with Crippen LogP contribution in [0.2, 0.25) is 0 Å². The molecule has 1 N–H and O–H groups in total. The van der Waals surface area contributed by atoms with Gasteiger partial charge in [0.05, 0.1) is 17.6 Å². The maximum Gasteiger partial charge on any atom is 0.245 e. The number of hydrogen-bond donors (Lipinski definition) is 1. The van der Waals surface area contributed by atoms with Crippen molar-refractivity contribution in [3.05, 3.63) is 53.6 Å². The molecular formula is C19H24N2O3S2. The summed E-state index contributed by atoms with van der Waals surface area (Å²) < 4.78 is 25.6. The van der Waals surface area contributed by atoms with E-state index in [1.807, 2.05) is 51.1 Å². The Morgan fingerprint density at radius 1 is 1.12 bits per heavy atom. The Labute approximate surface area is 159 Å². The van der Waals surface area contributed by atoms with Crippen LogP contribution in [0.4, 0.5) is 11.4 Å². The molecule has 2 rings (SSSR count). The van der Waals surface area contributed by atoms with Gasteiger partial charge in [-0.1, -0.05) is 25.1 Å². The van der Waals surface area contributed by atoms with Gasteiger partial charge in [0, 0.05) is 4.90 Å². The number of sulfonamides is 1. The number of nitrogens with zero attached hydrogens (tertiary/aromatic N) is 1. The quantitative estimate of drug-likeness (QED) is 0.728. The van der Waals surface area contributed by atoms with Crippen LogP contribution >= 0.6 is 11.8 Å². The van der Waals surface area contributed by atoms with Gasteiger partial charge in [0.15, 0.2) is 0 Å². The fourth-order valence-electron chi connectivity index (χ4n) is 2.45. The molecule has 0 aliphatic heterocycles. The van der Waals surface area contributed by atoms with E-state index in [9.17, 15) is 13.2 Å². The van der Waals surface area contributed by atoms with Gasteiger partial charge in [-0.25, -0.2) is 8.42 Å². The van der Waals surface area contributed by atoms with Gasteiger partial charge < -0.3 is 5.32 Å². The standard InChI is InChI=1S/C19H24N2O3S2/c1-5-25-18-9-7-6-8-17(18)20-19(22)13-21(26(4,23)24)16-11-10-14(2)15(3)12-16/h6-12H,5,13H2,1-4H3,(H,20,22). The van der Waals surface area contributed by atoms with Gasteiger partial charge in [-0.3, -0.25) is 9.10 Å². The molecule has 0 bridgehead atoms. The molecule has 0 aliphatic rings. The molecule has 0 saturated heterocycles. The molecule has 0 aromatic heterocycles. The Hall–Kier alpha value is -1.99. The first-order chi connectivity index (χ1) is 12.2. The van der Waals surface area contributed by atoms with Crippen LogP contribution in [0, 0.1) is 13.8 Å². The molecule has 7 heteroatoms. The minimum absolute atomic E-state index is 0.271. The smallest absolute Gasteiger partial charge is 0.245 e. The molecule has 2 aromatic carbocycles. The highest BCUT2D eigenvalue weighted by Crippen LogP contribution is 2.27. The molecular weight excluding hydrogens is 368 g/mol. The molecule has 0 saturated carbocycles. The van der Waals surface area contributed by atoms with Crippen LogP contribution in [0.15, 0.2) is 47.4 Å². The molecule has 0 fully saturated rings. The number of rotatable bonds is 7. The number of carbonyl (C=O) groups is 1. The van der Waals surface area contributed by atoms with Gasteiger partial charge in [-0.15, -0.1) is 11.8 Å². The molecule has 2 aromatic rings. The van der Waals surface area contributed by atoms with Crippen LogP contribution in [0.25, 0.3) is 0 Å². The molecule has 26 heavy (non-hydrogen) atoms. The van der Waals surface area contributed by atoms with E-state index in [0.29, 0.717) is 11.4 Å². The third-order valence-electron chi connectivity index (χ3n) is 3.93. The number of aryl methyl sites for hydroxylation is 2. The first-order valence-electron chi connectivity index (χ1n) is 8.29. The van der Waals surface area contributed by atoms with Crippen LogP contribution in [-0.4, -0.2) is 32.9 Å². The Morgan fingerprint density at radius 3 is 2.42 bits per heavy atom. The molecule has 140 valence electrons. The van der Waals surface area contributed by atoms with Crippen molar-refractivity contribution in [2.24, 2.45) is 0 Å². The fraction of sp³-hybridized carbons (Fsp3) is 0.316. The second-order valence-corrected chi connectivity index (χ2v) is 9.23. The topological polar surface area (TPSA) is 66.5 Å². The molecule has 1 amide bonds. The molecule has 0 radical (unpaired) electrons. The molecule has 0 spiro atoms. The number of para-hydroxylation sites is 1. The van der Waals surface area contributed by atoms with Gasteiger partial charge in [0.1, 0.15) is 6.54 Å². The largest absolute Gasteiger partial charge is 0.323 e. The Kier molecular flexibility index (Phi) is 6.72. The normalized spacial score (nSPS) is 11.2. The van der Waals surface area contributed by atoms with E-state index in [4.69, 9.17) is 0 Å². The number of anilines is 2. The Bertz CT molecular complexity index is 895. The number of carbonyl (C=O) groups excluding carboxylic acids is 1. The first kappa shape index (κ1) is 20.3. The SMILES string of the molecule is CCSc1ccccc1NC(=O)CN(c1ccc(C)c(C)c1)S(C)(=O)=O. The van der Waals surface area contributed by atoms with Crippen molar-refractivity contribution in [1.82, 2.24) is 0 Å². The van der Waals surface area contributed by atoms with Crippen LogP contribution < -0.4 is 9.62 Å². The van der Waals surface area contributed by atoms with Gasteiger partial charge >= 0.3 is 0 Å². The van der Waals surface area contributed by atoms with Gasteiger partial charge in [0.2, 0.25) is 15.9 Å². The summed E-state index contributed by atoms with van der Waals surface area (Å²) in [6.45, 7) is 5.64. The maximum atomic E-state index is 12.5. The zero-order valence-corrected chi connectivity index (χ0v) is 17.1. The summed E-state index contributed by atoms with van der Waals surface area (Å²) in [5, 5.41) is 2.83. The van der Waals surface area contributed by atoms with Gasteiger partial charge in [-0.2, -0.15) is 0 Å². The summed E-state index contributed by atoms with van der Waals surface area (Å²) in [5.41, 5.74) is 3.22. The van der Waals surface area contributed by atoms with E-state index in [0.717, 1.165) is 32.3 Å². The van der Waals surface area contributed by atoms with Gasteiger partial charge in [-0.05, 0) is 55.0 Å². The van der Waals surface area contributed by atoms with E-state index >= 15 is 0 Å². The number of thioether (sulfide) groups is 1. The lowest BCUT2D eigenvalue weighted by atomic mass is 10.1. The van der Waals surface area contributed by atoms with Crippen LogP contribution in [0.3, 0.4) is 0 Å². The average molecular weight is 393 g/mol. The van der Waals surface area contributed by atoms with E-state index in [1.165, 1.54) is 0 Å². The zero-order valence-electron chi connectivity index (χ0n) is 15.4. The summed E-state index contributed by atoms with van der Waals surface area (Å²) in [5.74, 6) is 0.503. The van der Waals surface area contributed by atoms with E-state index in [2.05, 4.69) is 5.32 Å². The third kappa shape index (κ3) is 5.25. The summed E-state index contributed by atoms with van der Waals surface area (Å²) in [6, 6.07) is 12.9. The molecule has 0 atom stereocenters. The van der Waals surface area contributed by atoms with Crippen LogP contribution in [-0.2, 0) is 14.8 Å². The van der Waals surface area contributed by atoms with E-state index in [1.54, 1.807) is 23.9 Å². The second-order valence-electron chi connectivity index (χ2n) is 6.02. The van der Waals surface area contributed by atoms with E-state index in [-0.39, 0.29) is 12.5 Å². The van der Waals surface area contributed by atoms with Crippen molar-refractivity contribution in [2.45, 2.75) is 25.7 Å². The summed E-state index contributed by atoms with van der Waals surface area (Å²) in [4.78, 5) is 13.5. The monoisotopic (exact) mass is 392 g/mol. The summed E-state index contributed by atoms with van der Waals surface area (Å²) in [6.07, 6.45) is 1.11. The average Bonchev–Trinajstić information content (AvgIpc) is 2.56. The lowest BCUT2D eigenvalue weighted by Crippen LogP contribution is -2.37. The molecule has 0 aliphatic carbocycles. The maximum absolute atomic E-state index is 12.5. The van der Waals surface area contributed by atoms with Crippen molar-refractivity contribution >= 4 is 39.1 Å². The lowest BCUT2D eigenvalue weighted by molar-refractivity contribution is -0.114. The van der Waals surface area contributed by atoms with Crippen LogP contribution in [0.1, 0.15) is 18.1 Å². The molecule has 0 unspecified atom stereocenters. The fourth-order valence-corrected chi connectivity index (χ4v) is 4.06. The van der Waals surface area contributed by atoms with Gasteiger partial charge in [0.25, 0.3) is 0 Å². The van der Waals surface area contributed by atoms with Crippen molar-refractivity contribution in [2.75, 3.05) is 28.2 Å².